The summed E-state index contributed by atoms with van der Waals surface area (Å²) in [5, 5.41) is 3.43. The van der Waals surface area contributed by atoms with E-state index in [2.05, 4.69) is 18.2 Å². The van der Waals surface area contributed by atoms with Crippen molar-refractivity contribution in [3.8, 4) is 12.3 Å². The fourth-order valence-corrected chi connectivity index (χ4v) is 2.29. The molecule has 0 saturated carbocycles. The predicted octanol–water partition coefficient (Wildman–Crippen LogP) is 2.81. The van der Waals surface area contributed by atoms with Crippen LogP contribution in [0.5, 0.6) is 0 Å². The molecule has 1 aromatic carbocycles. The van der Waals surface area contributed by atoms with Gasteiger partial charge in [-0.3, -0.25) is 5.32 Å². The molecule has 1 aromatic rings. The Morgan fingerprint density at radius 2 is 2.44 bits per heavy atom. The van der Waals surface area contributed by atoms with Crippen LogP contribution in [0.3, 0.4) is 0 Å². The summed E-state index contributed by atoms with van der Waals surface area (Å²) >= 11 is 0. The number of fused-ring (bicyclic) bond motifs is 1. The Morgan fingerprint density at radius 1 is 1.62 bits per heavy atom. The molecule has 0 spiro atoms. The van der Waals surface area contributed by atoms with E-state index >= 15 is 0 Å². The minimum Gasteiger partial charge on any atom is -0.297 e. The van der Waals surface area contributed by atoms with E-state index in [0.717, 1.165) is 24.8 Å². The molecule has 2 heteroatoms. The second kappa shape index (κ2) is 4.67. The SMILES string of the molecule is C#CC(CC)NC1CCc2cc(F)ccc21. The summed E-state index contributed by atoms with van der Waals surface area (Å²) in [6.45, 7) is 2.07. The number of benzene rings is 1. The van der Waals surface area contributed by atoms with Gasteiger partial charge in [-0.2, -0.15) is 0 Å². The molecule has 2 atom stereocenters. The lowest BCUT2D eigenvalue weighted by Crippen LogP contribution is -2.30. The Labute approximate surface area is 96.1 Å². The fraction of sp³-hybridized carbons (Fsp3) is 0.429. The van der Waals surface area contributed by atoms with Gasteiger partial charge in [0.15, 0.2) is 0 Å². The normalized spacial score (nSPS) is 20.2. The largest absolute Gasteiger partial charge is 0.297 e. The monoisotopic (exact) mass is 217 g/mol. The molecular weight excluding hydrogens is 201 g/mol. The van der Waals surface area contributed by atoms with Gasteiger partial charge in [-0.25, -0.2) is 4.39 Å². The van der Waals surface area contributed by atoms with Gasteiger partial charge in [-0.05, 0) is 42.5 Å². The molecule has 1 nitrogen and oxygen atoms in total. The molecule has 84 valence electrons. The predicted molar refractivity (Wildman–Crippen MR) is 63.5 cm³/mol. The van der Waals surface area contributed by atoms with E-state index in [-0.39, 0.29) is 17.9 Å². The van der Waals surface area contributed by atoms with Crippen molar-refractivity contribution >= 4 is 0 Å². The van der Waals surface area contributed by atoms with Gasteiger partial charge in [0.25, 0.3) is 0 Å². The number of hydrogen-bond acceptors (Lipinski definition) is 1. The van der Waals surface area contributed by atoms with Crippen LogP contribution in [0.2, 0.25) is 0 Å². The van der Waals surface area contributed by atoms with Crippen molar-refractivity contribution in [1.82, 2.24) is 5.32 Å². The highest BCUT2D eigenvalue weighted by atomic mass is 19.1. The molecular formula is C14H16FN. The van der Waals surface area contributed by atoms with Crippen molar-refractivity contribution in [1.29, 1.82) is 0 Å². The van der Waals surface area contributed by atoms with Gasteiger partial charge in [0.05, 0.1) is 6.04 Å². The van der Waals surface area contributed by atoms with Crippen molar-refractivity contribution in [3.63, 3.8) is 0 Å². The molecule has 0 amide bonds. The van der Waals surface area contributed by atoms with Crippen LogP contribution in [0.25, 0.3) is 0 Å². The van der Waals surface area contributed by atoms with Crippen LogP contribution in [-0.4, -0.2) is 6.04 Å². The minimum atomic E-state index is -0.150. The van der Waals surface area contributed by atoms with E-state index in [1.165, 1.54) is 11.6 Å². The lowest BCUT2D eigenvalue weighted by molar-refractivity contribution is 0.481. The minimum absolute atomic E-state index is 0.112. The molecule has 1 N–H and O–H groups in total. The molecule has 0 aliphatic heterocycles. The number of hydrogen-bond donors (Lipinski definition) is 1. The molecule has 1 aliphatic carbocycles. The summed E-state index contributed by atoms with van der Waals surface area (Å²) in [6.07, 6.45) is 8.30. The Morgan fingerprint density at radius 3 is 3.12 bits per heavy atom. The van der Waals surface area contributed by atoms with Gasteiger partial charge in [-0.1, -0.05) is 18.9 Å². The van der Waals surface area contributed by atoms with E-state index in [1.54, 1.807) is 6.07 Å². The van der Waals surface area contributed by atoms with Gasteiger partial charge < -0.3 is 0 Å². The molecule has 0 bridgehead atoms. The van der Waals surface area contributed by atoms with Gasteiger partial charge in [-0.15, -0.1) is 6.42 Å². The van der Waals surface area contributed by atoms with Gasteiger partial charge >= 0.3 is 0 Å². The summed E-state index contributed by atoms with van der Waals surface area (Å²) in [6, 6.07) is 5.43. The van der Waals surface area contributed by atoms with Gasteiger partial charge in [0.2, 0.25) is 0 Å². The van der Waals surface area contributed by atoms with Crippen LogP contribution < -0.4 is 5.32 Å². The summed E-state index contributed by atoms with van der Waals surface area (Å²) in [4.78, 5) is 0. The Balaban J connectivity index is 2.15. The Kier molecular flexibility index (Phi) is 3.26. The number of terminal acetylenes is 1. The van der Waals surface area contributed by atoms with Crippen LogP contribution in [0.1, 0.15) is 36.9 Å². The molecule has 0 heterocycles. The maximum Gasteiger partial charge on any atom is 0.123 e. The van der Waals surface area contributed by atoms with E-state index in [0.29, 0.717) is 0 Å². The third kappa shape index (κ3) is 2.10. The highest BCUT2D eigenvalue weighted by molar-refractivity contribution is 5.35. The number of nitrogens with one attached hydrogen (secondary N) is 1. The Bertz CT molecular complexity index is 419. The second-order valence-corrected chi connectivity index (χ2v) is 4.23. The van der Waals surface area contributed by atoms with Crippen LogP contribution >= 0.6 is 0 Å². The molecule has 0 fully saturated rings. The number of rotatable bonds is 3. The average molecular weight is 217 g/mol. The zero-order chi connectivity index (χ0) is 11.5. The van der Waals surface area contributed by atoms with Crippen molar-refractivity contribution in [2.45, 2.75) is 38.3 Å². The van der Waals surface area contributed by atoms with E-state index in [4.69, 9.17) is 6.42 Å². The molecule has 0 aromatic heterocycles. The molecule has 2 rings (SSSR count). The fourth-order valence-electron chi connectivity index (χ4n) is 2.29. The average Bonchev–Trinajstić information content (AvgIpc) is 2.68. The first kappa shape index (κ1) is 11.2. The number of halogens is 1. The lowest BCUT2D eigenvalue weighted by atomic mass is 10.1. The summed E-state index contributed by atoms with van der Waals surface area (Å²) in [5.41, 5.74) is 2.32. The Hall–Kier alpha value is -1.33. The number of aryl methyl sites for hydroxylation is 1. The van der Waals surface area contributed by atoms with Crippen LogP contribution in [0.15, 0.2) is 18.2 Å². The van der Waals surface area contributed by atoms with E-state index in [1.807, 2.05) is 6.07 Å². The third-order valence-electron chi connectivity index (χ3n) is 3.19. The summed E-state index contributed by atoms with van der Waals surface area (Å²) in [7, 11) is 0. The van der Waals surface area contributed by atoms with Crippen molar-refractivity contribution < 1.29 is 4.39 Å². The quantitative estimate of drug-likeness (QED) is 0.768. The third-order valence-corrected chi connectivity index (χ3v) is 3.19. The zero-order valence-electron chi connectivity index (χ0n) is 9.46. The second-order valence-electron chi connectivity index (χ2n) is 4.23. The highest BCUT2D eigenvalue weighted by Crippen LogP contribution is 2.31. The summed E-state index contributed by atoms with van der Waals surface area (Å²) in [5.74, 6) is 2.59. The standard InChI is InChI=1S/C14H16FN/c1-3-12(4-2)16-14-8-5-10-9-11(15)6-7-13(10)14/h1,6-7,9,12,14,16H,4-5,8H2,2H3. The maximum atomic E-state index is 13.0. The molecule has 0 radical (unpaired) electrons. The van der Waals surface area contributed by atoms with Crippen molar-refractivity contribution in [2.24, 2.45) is 0 Å². The highest BCUT2D eigenvalue weighted by Gasteiger charge is 2.23. The van der Waals surface area contributed by atoms with Gasteiger partial charge in [0.1, 0.15) is 5.82 Å². The van der Waals surface area contributed by atoms with Crippen molar-refractivity contribution in [2.75, 3.05) is 0 Å². The first-order chi connectivity index (χ1) is 7.74. The first-order valence-electron chi connectivity index (χ1n) is 5.75. The van der Waals surface area contributed by atoms with Crippen molar-refractivity contribution in [3.05, 3.63) is 35.1 Å². The molecule has 0 saturated heterocycles. The lowest BCUT2D eigenvalue weighted by Gasteiger charge is -2.18. The zero-order valence-corrected chi connectivity index (χ0v) is 9.46. The van der Waals surface area contributed by atoms with Crippen LogP contribution in [0.4, 0.5) is 4.39 Å². The smallest absolute Gasteiger partial charge is 0.123 e. The maximum absolute atomic E-state index is 13.0. The first-order valence-corrected chi connectivity index (χ1v) is 5.75. The molecule has 16 heavy (non-hydrogen) atoms. The van der Waals surface area contributed by atoms with E-state index in [9.17, 15) is 4.39 Å². The van der Waals surface area contributed by atoms with Crippen LogP contribution in [-0.2, 0) is 6.42 Å². The van der Waals surface area contributed by atoms with E-state index < -0.39 is 0 Å². The topological polar surface area (TPSA) is 12.0 Å². The van der Waals surface area contributed by atoms with Gasteiger partial charge in [0, 0.05) is 6.04 Å². The van der Waals surface area contributed by atoms with Crippen LogP contribution in [0, 0.1) is 18.2 Å². The molecule has 1 aliphatic rings. The summed E-state index contributed by atoms with van der Waals surface area (Å²) < 4.78 is 13.0. The molecule has 2 unspecified atom stereocenters.